The van der Waals surface area contributed by atoms with Crippen molar-refractivity contribution < 1.29 is 13.2 Å². The molecule has 8 heteroatoms. The standard InChI is InChI=1S/C17H26ClN3O3S/c1-20(2)16(13-8-4-5-9-14(13)18)12-19-17(22)15-10-6-7-11-21(15)25(3,23)24/h4-5,8-9,15-16H,6-7,10-12H2,1-3H3,(H,19,22)/t15-,16+/m1/s1. The van der Waals surface area contributed by atoms with Crippen molar-refractivity contribution in [3.8, 4) is 0 Å². The molecule has 1 aliphatic rings. The van der Waals surface area contributed by atoms with Gasteiger partial charge in [0.25, 0.3) is 0 Å². The molecule has 1 aromatic carbocycles. The second-order valence-electron chi connectivity index (χ2n) is 6.63. The maximum Gasteiger partial charge on any atom is 0.238 e. The number of piperidine rings is 1. The van der Waals surface area contributed by atoms with Gasteiger partial charge < -0.3 is 10.2 Å². The van der Waals surface area contributed by atoms with E-state index in [2.05, 4.69) is 5.32 Å². The molecule has 0 radical (unpaired) electrons. The lowest BCUT2D eigenvalue weighted by molar-refractivity contribution is -0.125. The highest BCUT2D eigenvalue weighted by atomic mass is 35.5. The van der Waals surface area contributed by atoms with E-state index in [1.165, 1.54) is 4.31 Å². The van der Waals surface area contributed by atoms with Crippen LogP contribution < -0.4 is 5.32 Å². The zero-order valence-electron chi connectivity index (χ0n) is 14.9. The number of carbonyl (C=O) groups excluding carboxylic acids is 1. The fraction of sp³-hybridized carbons (Fsp3) is 0.588. The second-order valence-corrected chi connectivity index (χ2v) is 8.97. The van der Waals surface area contributed by atoms with Crippen LogP contribution in [0.4, 0.5) is 0 Å². The van der Waals surface area contributed by atoms with Gasteiger partial charge in [-0.3, -0.25) is 4.79 Å². The number of hydrogen-bond acceptors (Lipinski definition) is 4. The van der Waals surface area contributed by atoms with Crippen LogP contribution in [0.3, 0.4) is 0 Å². The number of halogens is 1. The summed E-state index contributed by atoms with van der Waals surface area (Å²) in [6.45, 7) is 0.766. The largest absolute Gasteiger partial charge is 0.353 e. The summed E-state index contributed by atoms with van der Waals surface area (Å²) in [6.07, 6.45) is 3.35. The lowest BCUT2D eigenvalue weighted by atomic mass is 10.0. The van der Waals surface area contributed by atoms with Crippen LogP contribution in [0, 0.1) is 0 Å². The van der Waals surface area contributed by atoms with Gasteiger partial charge in [-0.2, -0.15) is 4.31 Å². The van der Waals surface area contributed by atoms with Gasteiger partial charge in [0.1, 0.15) is 6.04 Å². The summed E-state index contributed by atoms with van der Waals surface area (Å²) in [6, 6.07) is 6.81. The van der Waals surface area contributed by atoms with Crippen LogP contribution in [0.5, 0.6) is 0 Å². The fourth-order valence-electron chi connectivity index (χ4n) is 3.20. The van der Waals surface area contributed by atoms with Gasteiger partial charge in [0.05, 0.1) is 12.3 Å². The first-order valence-corrected chi connectivity index (χ1v) is 10.6. The van der Waals surface area contributed by atoms with E-state index >= 15 is 0 Å². The van der Waals surface area contributed by atoms with Crippen LogP contribution >= 0.6 is 11.6 Å². The minimum Gasteiger partial charge on any atom is -0.353 e. The van der Waals surface area contributed by atoms with Crippen molar-refractivity contribution in [1.82, 2.24) is 14.5 Å². The Bertz CT molecular complexity index is 709. The van der Waals surface area contributed by atoms with E-state index in [1.54, 1.807) is 0 Å². The summed E-state index contributed by atoms with van der Waals surface area (Å²) < 4.78 is 25.2. The van der Waals surface area contributed by atoms with Crippen molar-refractivity contribution in [2.45, 2.75) is 31.3 Å². The monoisotopic (exact) mass is 387 g/mol. The molecule has 140 valence electrons. The third kappa shape index (κ3) is 5.17. The van der Waals surface area contributed by atoms with Crippen molar-refractivity contribution in [2.24, 2.45) is 0 Å². The predicted octanol–water partition coefficient (Wildman–Crippen LogP) is 1.87. The number of likely N-dealkylation sites (N-methyl/N-ethyl adjacent to an activating group) is 1. The average Bonchev–Trinajstić information content (AvgIpc) is 2.55. The highest BCUT2D eigenvalue weighted by Gasteiger charge is 2.34. The molecule has 1 saturated heterocycles. The topological polar surface area (TPSA) is 69.7 Å². The summed E-state index contributed by atoms with van der Waals surface area (Å²) in [5, 5.41) is 3.56. The molecule has 1 aromatic rings. The molecular formula is C17H26ClN3O3S. The Hall–Kier alpha value is -1.15. The Labute approximate surface area is 155 Å². The van der Waals surface area contributed by atoms with E-state index in [1.807, 2.05) is 43.3 Å². The molecule has 1 aliphatic heterocycles. The Morgan fingerprint density at radius 2 is 2.04 bits per heavy atom. The number of sulfonamides is 1. The zero-order valence-corrected chi connectivity index (χ0v) is 16.5. The molecule has 1 amide bonds. The summed E-state index contributed by atoms with van der Waals surface area (Å²) >= 11 is 6.28. The number of nitrogens with zero attached hydrogens (tertiary/aromatic N) is 2. The molecule has 2 atom stereocenters. The van der Waals surface area contributed by atoms with Gasteiger partial charge in [0.2, 0.25) is 15.9 Å². The predicted molar refractivity (Wildman–Crippen MR) is 100 cm³/mol. The fourth-order valence-corrected chi connectivity index (χ4v) is 4.58. The van der Waals surface area contributed by atoms with Crippen molar-refractivity contribution in [3.63, 3.8) is 0 Å². The Morgan fingerprint density at radius 3 is 2.64 bits per heavy atom. The third-order valence-corrected chi connectivity index (χ3v) is 6.17. The first-order chi connectivity index (χ1) is 11.7. The van der Waals surface area contributed by atoms with Crippen LogP contribution in [-0.4, -0.2) is 63.0 Å². The number of nitrogens with one attached hydrogen (secondary N) is 1. The first-order valence-electron chi connectivity index (χ1n) is 8.37. The van der Waals surface area contributed by atoms with Gasteiger partial charge >= 0.3 is 0 Å². The van der Waals surface area contributed by atoms with Gasteiger partial charge in [-0.15, -0.1) is 0 Å². The Balaban J connectivity index is 2.09. The molecule has 0 unspecified atom stereocenters. The third-order valence-electron chi connectivity index (χ3n) is 4.54. The van der Waals surface area contributed by atoms with Crippen LogP contribution in [-0.2, 0) is 14.8 Å². The summed E-state index contributed by atoms with van der Waals surface area (Å²) in [7, 11) is 0.448. The average molecular weight is 388 g/mol. The lowest BCUT2D eigenvalue weighted by Crippen LogP contribution is -2.52. The molecule has 0 saturated carbocycles. The van der Waals surface area contributed by atoms with Crippen molar-refractivity contribution >= 4 is 27.5 Å². The molecule has 25 heavy (non-hydrogen) atoms. The second kappa shape index (κ2) is 8.49. The molecule has 1 N–H and O–H groups in total. The lowest BCUT2D eigenvalue weighted by Gasteiger charge is -2.33. The van der Waals surface area contributed by atoms with E-state index in [0.29, 0.717) is 24.5 Å². The Morgan fingerprint density at radius 1 is 1.36 bits per heavy atom. The molecule has 0 bridgehead atoms. The quantitative estimate of drug-likeness (QED) is 0.809. The molecule has 0 aromatic heterocycles. The van der Waals surface area contributed by atoms with E-state index in [9.17, 15) is 13.2 Å². The van der Waals surface area contributed by atoms with Gasteiger partial charge in [0.15, 0.2) is 0 Å². The molecule has 2 rings (SSSR count). The van der Waals surface area contributed by atoms with Crippen LogP contribution in [0.2, 0.25) is 5.02 Å². The zero-order chi connectivity index (χ0) is 18.6. The minimum absolute atomic E-state index is 0.0899. The van der Waals surface area contributed by atoms with E-state index in [-0.39, 0.29) is 11.9 Å². The molecule has 1 fully saturated rings. The highest BCUT2D eigenvalue weighted by molar-refractivity contribution is 7.88. The molecule has 1 heterocycles. The Kier molecular flexibility index (Phi) is 6.85. The van der Waals surface area contributed by atoms with E-state index in [0.717, 1.165) is 24.7 Å². The summed E-state index contributed by atoms with van der Waals surface area (Å²) in [4.78, 5) is 14.6. The number of benzene rings is 1. The van der Waals surface area contributed by atoms with E-state index < -0.39 is 16.1 Å². The van der Waals surface area contributed by atoms with Crippen molar-refractivity contribution in [3.05, 3.63) is 34.9 Å². The molecule has 0 aliphatic carbocycles. The van der Waals surface area contributed by atoms with Gasteiger partial charge in [-0.25, -0.2) is 8.42 Å². The summed E-state index contributed by atoms with van der Waals surface area (Å²) in [5.41, 5.74) is 0.929. The van der Waals surface area contributed by atoms with Crippen molar-refractivity contribution in [1.29, 1.82) is 0 Å². The number of hydrogen-bond donors (Lipinski definition) is 1. The molecule has 6 nitrogen and oxygen atoms in total. The molecular weight excluding hydrogens is 362 g/mol. The number of carbonyl (C=O) groups is 1. The smallest absolute Gasteiger partial charge is 0.238 e. The minimum atomic E-state index is -3.39. The van der Waals surface area contributed by atoms with Gasteiger partial charge in [0, 0.05) is 18.1 Å². The maximum atomic E-state index is 12.6. The SMILES string of the molecule is CN(C)[C@@H](CNC(=O)[C@H]1CCCCN1S(C)(=O)=O)c1ccccc1Cl. The van der Waals surface area contributed by atoms with Crippen LogP contribution in [0.25, 0.3) is 0 Å². The first kappa shape index (κ1) is 20.2. The maximum absolute atomic E-state index is 12.6. The molecule has 0 spiro atoms. The number of rotatable bonds is 6. The van der Waals surface area contributed by atoms with Crippen molar-refractivity contribution in [2.75, 3.05) is 33.4 Å². The normalized spacial score (nSPS) is 20.4. The number of amides is 1. The summed E-state index contributed by atoms with van der Waals surface area (Å²) in [5.74, 6) is -0.246. The van der Waals surface area contributed by atoms with E-state index in [4.69, 9.17) is 11.6 Å². The van der Waals surface area contributed by atoms with Gasteiger partial charge in [-0.1, -0.05) is 36.2 Å². The van der Waals surface area contributed by atoms with Crippen LogP contribution in [0.1, 0.15) is 30.9 Å². The van der Waals surface area contributed by atoms with Gasteiger partial charge in [-0.05, 0) is 38.6 Å². The van der Waals surface area contributed by atoms with Crippen LogP contribution in [0.15, 0.2) is 24.3 Å². The highest BCUT2D eigenvalue weighted by Crippen LogP contribution is 2.26.